The van der Waals surface area contributed by atoms with Gasteiger partial charge in [0.15, 0.2) is 0 Å². The molecule has 0 saturated heterocycles. The number of hydrogen-bond acceptors (Lipinski definition) is 3. The highest BCUT2D eigenvalue weighted by atomic mass is 19.4. The Bertz CT molecular complexity index is 1280. The fourth-order valence-corrected chi connectivity index (χ4v) is 3.24. The Morgan fingerprint density at radius 1 is 1.00 bits per heavy atom. The number of imidazole rings is 1. The van der Waals surface area contributed by atoms with E-state index in [2.05, 4.69) is 10.3 Å². The summed E-state index contributed by atoms with van der Waals surface area (Å²) in [4.78, 5) is 16.2. The van der Waals surface area contributed by atoms with Crippen molar-refractivity contribution in [2.75, 3.05) is 17.6 Å². The third-order valence-corrected chi connectivity index (χ3v) is 4.65. The topological polar surface area (TPSA) is 84.4 Å². The smallest absolute Gasteiger partial charge is 0.399 e. The van der Waals surface area contributed by atoms with Crippen molar-refractivity contribution in [1.29, 1.82) is 0 Å². The lowest BCUT2D eigenvalue weighted by Crippen LogP contribution is -2.36. The number of nitrogen functional groups attached to an aromatic ring is 1. The molecule has 6 nitrogen and oxygen atoms in total. The fraction of sp³-hybridized carbons (Fsp3) is 0.0909. The summed E-state index contributed by atoms with van der Waals surface area (Å²) in [6.45, 7) is -1.45. The zero-order valence-corrected chi connectivity index (χ0v) is 16.4. The van der Waals surface area contributed by atoms with Crippen LogP contribution in [0.5, 0.6) is 0 Å². The van der Waals surface area contributed by atoms with Crippen LogP contribution >= 0.6 is 0 Å². The number of anilines is 2. The van der Waals surface area contributed by atoms with Crippen LogP contribution in [0.25, 0.3) is 28.0 Å². The van der Waals surface area contributed by atoms with E-state index in [0.717, 1.165) is 11.1 Å². The molecule has 4 aromatic rings. The molecule has 0 bridgehead atoms. The van der Waals surface area contributed by atoms with E-state index < -0.39 is 18.8 Å². The molecule has 0 saturated carbocycles. The largest absolute Gasteiger partial charge is 0.405 e. The summed E-state index contributed by atoms with van der Waals surface area (Å²) in [5.41, 5.74) is 10.1. The Labute approximate surface area is 179 Å². The molecule has 0 fully saturated rings. The number of carbonyl (C=O) groups excluding carboxylic acids is 1. The Morgan fingerprint density at radius 3 is 2.47 bits per heavy atom. The zero-order valence-electron chi connectivity index (χ0n) is 16.4. The van der Waals surface area contributed by atoms with Gasteiger partial charge in [-0.15, -0.1) is 0 Å². The molecular weight excluding hydrogens is 426 g/mol. The van der Waals surface area contributed by atoms with Crippen molar-refractivity contribution >= 4 is 23.1 Å². The predicted molar refractivity (Wildman–Crippen MR) is 114 cm³/mol. The molecule has 164 valence electrons. The summed E-state index contributed by atoms with van der Waals surface area (Å²) >= 11 is 0. The molecule has 0 spiro atoms. The number of hydrogen-bond donors (Lipinski definition) is 3. The van der Waals surface area contributed by atoms with E-state index in [-0.39, 0.29) is 11.5 Å². The summed E-state index contributed by atoms with van der Waals surface area (Å²) in [6, 6.07) is 13.5. The summed E-state index contributed by atoms with van der Waals surface area (Å²) in [5, 5.41) is 4.09. The first-order chi connectivity index (χ1) is 15.2. The summed E-state index contributed by atoms with van der Waals surface area (Å²) in [7, 11) is 0. The molecule has 2 amide bonds. The van der Waals surface area contributed by atoms with E-state index in [9.17, 15) is 22.4 Å². The number of nitrogens with zero attached hydrogens (tertiary/aromatic N) is 2. The first-order valence-corrected chi connectivity index (χ1v) is 9.43. The fourth-order valence-electron chi connectivity index (χ4n) is 3.24. The van der Waals surface area contributed by atoms with E-state index in [1.54, 1.807) is 46.4 Å². The van der Waals surface area contributed by atoms with Crippen molar-refractivity contribution in [1.82, 2.24) is 14.7 Å². The number of pyridine rings is 1. The van der Waals surface area contributed by atoms with Gasteiger partial charge in [0.05, 0.1) is 11.9 Å². The number of fused-ring (bicyclic) bond motifs is 1. The Kier molecular flexibility index (Phi) is 5.43. The molecule has 2 heterocycles. The van der Waals surface area contributed by atoms with Crippen LogP contribution in [-0.2, 0) is 0 Å². The van der Waals surface area contributed by atoms with Gasteiger partial charge in [-0.3, -0.25) is 4.40 Å². The minimum atomic E-state index is -4.51. The Balaban J connectivity index is 1.61. The van der Waals surface area contributed by atoms with Crippen LogP contribution in [0, 0.1) is 5.82 Å². The second kappa shape index (κ2) is 8.22. The summed E-state index contributed by atoms with van der Waals surface area (Å²) < 4.78 is 51.8. The van der Waals surface area contributed by atoms with Gasteiger partial charge in [0, 0.05) is 23.1 Å². The van der Waals surface area contributed by atoms with Crippen molar-refractivity contribution in [3.8, 4) is 22.4 Å². The molecule has 2 aromatic carbocycles. The van der Waals surface area contributed by atoms with E-state index in [1.807, 2.05) is 12.1 Å². The van der Waals surface area contributed by atoms with Crippen molar-refractivity contribution in [2.24, 2.45) is 0 Å². The quantitative estimate of drug-likeness (QED) is 0.304. The number of nitrogens with one attached hydrogen (secondary N) is 2. The molecular formula is C22H17F4N5O. The molecule has 10 heteroatoms. The van der Waals surface area contributed by atoms with Gasteiger partial charge in [0.1, 0.15) is 18.0 Å². The van der Waals surface area contributed by atoms with Gasteiger partial charge >= 0.3 is 12.2 Å². The van der Waals surface area contributed by atoms with Gasteiger partial charge < -0.3 is 16.4 Å². The van der Waals surface area contributed by atoms with Gasteiger partial charge in [-0.2, -0.15) is 13.2 Å². The van der Waals surface area contributed by atoms with Crippen LogP contribution < -0.4 is 16.4 Å². The number of nitrogens with two attached hydrogens (primary N) is 1. The average molecular weight is 443 g/mol. The molecule has 0 aliphatic carbocycles. The van der Waals surface area contributed by atoms with Crippen molar-refractivity contribution in [2.45, 2.75) is 6.18 Å². The van der Waals surface area contributed by atoms with Crippen LogP contribution in [0.2, 0.25) is 0 Å². The highest BCUT2D eigenvalue weighted by Gasteiger charge is 2.27. The number of amides is 2. The maximum absolute atomic E-state index is 13.2. The molecule has 0 aliphatic heterocycles. The Hall–Kier alpha value is -4.08. The lowest BCUT2D eigenvalue weighted by Gasteiger charge is -2.12. The highest BCUT2D eigenvalue weighted by molar-refractivity contribution is 5.91. The molecule has 0 unspecified atom stereocenters. The van der Waals surface area contributed by atoms with Crippen molar-refractivity contribution in [3.63, 3.8) is 0 Å². The third kappa shape index (κ3) is 4.80. The number of rotatable bonds is 4. The standard InChI is InChI=1S/C22H17F4N5O/c23-16-3-1-13(2-4-16)14-5-6-31-19(11-28-20(31)9-14)15-7-17(27)10-18(8-15)30-21(32)29-12-22(24,25)26/h1-11H,12,27H2,(H2,29,30,32). The molecule has 4 rings (SSSR count). The second-order valence-electron chi connectivity index (χ2n) is 7.06. The van der Waals surface area contributed by atoms with E-state index >= 15 is 0 Å². The van der Waals surface area contributed by atoms with Gasteiger partial charge in [0.25, 0.3) is 0 Å². The maximum atomic E-state index is 13.2. The molecule has 4 N–H and O–H groups in total. The molecule has 2 aromatic heterocycles. The van der Waals surface area contributed by atoms with Gasteiger partial charge in [0.2, 0.25) is 0 Å². The Morgan fingerprint density at radius 2 is 1.75 bits per heavy atom. The average Bonchev–Trinajstić information content (AvgIpc) is 3.15. The van der Waals surface area contributed by atoms with Gasteiger partial charge in [-0.05, 0) is 53.6 Å². The molecule has 32 heavy (non-hydrogen) atoms. The number of halogens is 4. The zero-order chi connectivity index (χ0) is 22.9. The SMILES string of the molecule is Nc1cc(NC(=O)NCC(F)(F)F)cc(-c2cnc3cc(-c4ccc(F)cc4)ccn23)c1. The normalized spacial score (nSPS) is 11.5. The summed E-state index contributed by atoms with van der Waals surface area (Å²) in [6.07, 6.45) is -1.10. The van der Waals surface area contributed by atoms with E-state index in [0.29, 0.717) is 22.6 Å². The lowest BCUT2D eigenvalue weighted by atomic mass is 10.1. The third-order valence-electron chi connectivity index (χ3n) is 4.65. The monoisotopic (exact) mass is 443 g/mol. The van der Waals surface area contributed by atoms with E-state index in [1.165, 1.54) is 18.2 Å². The van der Waals surface area contributed by atoms with Crippen LogP contribution in [-0.4, -0.2) is 28.1 Å². The van der Waals surface area contributed by atoms with Crippen LogP contribution in [0.3, 0.4) is 0 Å². The van der Waals surface area contributed by atoms with Crippen LogP contribution in [0.15, 0.2) is 67.0 Å². The van der Waals surface area contributed by atoms with Gasteiger partial charge in [-0.25, -0.2) is 14.2 Å². The second-order valence-corrected chi connectivity index (χ2v) is 7.06. The molecule has 0 aliphatic rings. The van der Waals surface area contributed by atoms with Crippen molar-refractivity contribution in [3.05, 3.63) is 72.8 Å². The van der Waals surface area contributed by atoms with Gasteiger partial charge in [-0.1, -0.05) is 12.1 Å². The predicted octanol–water partition coefficient (Wildman–Crippen LogP) is 5.07. The molecule has 0 atom stereocenters. The van der Waals surface area contributed by atoms with Crippen molar-refractivity contribution < 1.29 is 22.4 Å². The first kappa shape index (κ1) is 21.2. The van der Waals surface area contributed by atoms with Crippen LogP contribution in [0.4, 0.5) is 33.7 Å². The molecule has 0 radical (unpaired) electrons. The first-order valence-electron chi connectivity index (χ1n) is 9.43. The lowest BCUT2D eigenvalue weighted by molar-refractivity contribution is -0.122. The van der Waals surface area contributed by atoms with E-state index in [4.69, 9.17) is 5.73 Å². The van der Waals surface area contributed by atoms with Crippen LogP contribution in [0.1, 0.15) is 0 Å². The number of aromatic nitrogens is 2. The number of urea groups is 1. The minimum absolute atomic E-state index is 0.234. The maximum Gasteiger partial charge on any atom is 0.405 e. The number of carbonyl (C=O) groups is 1. The minimum Gasteiger partial charge on any atom is -0.399 e. The number of benzene rings is 2. The number of alkyl halides is 3. The highest BCUT2D eigenvalue weighted by Crippen LogP contribution is 2.29. The summed E-state index contributed by atoms with van der Waals surface area (Å²) in [5.74, 6) is -0.323.